The van der Waals surface area contributed by atoms with Gasteiger partial charge in [-0.15, -0.1) is 0 Å². The number of nitrogens with one attached hydrogen (secondary N) is 1. The summed E-state index contributed by atoms with van der Waals surface area (Å²) in [4.78, 5) is 0. The second-order valence-electron chi connectivity index (χ2n) is 4.10. The lowest BCUT2D eigenvalue weighted by Crippen LogP contribution is -2.27. The van der Waals surface area contributed by atoms with Crippen molar-refractivity contribution in [2.24, 2.45) is 5.92 Å². The Balaban J connectivity index is 1.87. The molecule has 1 aromatic rings. The van der Waals surface area contributed by atoms with Crippen molar-refractivity contribution in [2.75, 3.05) is 0 Å². The molecule has 0 aromatic heterocycles. The minimum Gasteiger partial charge on any atom is -0.310 e. The molecular formula is C12H16FN. The lowest BCUT2D eigenvalue weighted by Gasteiger charge is -2.12. The first kappa shape index (κ1) is 9.66. The van der Waals surface area contributed by atoms with E-state index in [4.69, 9.17) is 0 Å². The molecule has 0 amide bonds. The lowest BCUT2D eigenvalue weighted by atomic mass is 10.1. The van der Waals surface area contributed by atoms with Gasteiger partial charge in [-0.25, -0.2) is 4.39 Å². The third-order valence-electron chi connectivity index (χ3n) is 2.90. The maximum absolute atomic E-state index is 13.2. The van der Waals surface area contributed by atoms with Gasteiger partial charge in [0, 0.05) is 18.2 Å². The van der Waals surface area contributed by atoms with Crippen LogP contribution >= 0.6 is 0 Å². The summed E-state index contributed by atoms with van der Waals surface area (Å²) >= 11 is 0. The van der Waals surface area contributed by atoms with Crippen molar-refractivity contribution in [3.63, 3.8) is 0 Å². The topological polar surface area (TPSA) is 12.0 Å². The highest BCUT2D eigenvalue weighted by Gasteiger charge is 2.27. The Morgan fingerprint density at radius 2 is 2.14 bits per heavy atom. The van der Waals surface area contributed by atoms with Gasteiger partial charge in [-0.3, -0.25) is 0 Å². The van der Waals surface area contributed by atoms with Crippen LogP contribution in [0.2, 0.25) is 0 Å². The summed E-state index contributed by atoms with van der Waals surface area (Å²) in [6.45, 7) is 2.82. The van der Waals surface area contributed by atoms with Crippen LogP contribution in [-0.2, 0) is 6.54 Å². The number of halogens is 1. The van der Waals surface area contributed by atoms with E-state index in [-0.39, 0.29) is 5.82 Å². The number of rotatable bonds is 4. The van der Waals surface area contributed by atoms with E-state index in [0.717, 1.165) is 11.5 Å². The second kappa shape index (κ2) is 4.09. The molecular weight excluding hydrogens is 177 g/mol. The Kier molecular flexibility index (Phi) is 2.82. The SMILES string of the molecule is C[C@H](NCc1ccccc1F)C1CC1. The third kappa shape index (κ3) is 2.32. The van der Waals surface area contributed by atoms with Crippen molar-refractivity contribution in [3.8, 4) is 0 Å². The fraction of sp³-hybridized carbons (Fsp3) is 0.500. The number of benzene rings is 1. The van der Waals surface area contributed by atoms with E-state index in [2.05, 4.69) is 12.2 Å². The van der Waals surface area contributed by atoms with Gasteiger partial charge in [0.15, 0.2) is 0 Å². The predicted molar refractivity (Wildman–Crippen MR) is 55.4 cm³/mol. The fourth-order valence-corrected chi connectivity index (χ4v) is 1.68. The summed E-state index contributed by atoms with van der Waals surface area (Å²) in [5, 5.41) is 3.36. The zero-order chi connectivity index (χ0) is 9.97. The Hall–Kier alpha value is -0.890. The van der Waals surface area contributed by atoms with Gasteiger partial charge >= 0.3 is 0 Å². The van der Waals surface area contributed by atoms with Gasteiger partial charge in [-0.1, -0.05) is 18.2 Å². The minimum absolute atomic E-state index is 0.108. The molecule has 0 heterocycles. The van der Waals surface area contributed by atoms with Crippen molar-refractivity contribution < 1.29 is 4.39 Å². The van der Waals surface area contributed by atoms with Gasteiger partial charge in [-0.2, -0.15) is 0 Å². The van der Waals surface area contributed by atoms with Gasteiger partial charge in [0.1, 0.15) is 5.82 Å². The first-order valence-corrected chi connectivity index (χ1v) is 5.24. The van der Waals surface area contributed by atoms with Crippen LogP contribution in [-0.4, -0.2) is 6.04 Å². The molecule has 1 aliphatic rings. The molecule has 0 spiro atoms. The van der Waals surface area contributed by atoms with Crippen molar-refractivity contribution in [3.05, 3.63) is 35.6 Å². The van der Waals surface area contributed by atoms with Gasteiger partial charge in [-0.05, 0) is 31.7 Å². The lowest BCUT2D eigenvalue weighted by molar-refractivity contribution is 0.485. The van der Waals surface area contributed by atoms with Crippen LogP contribution < -0.4 is 5.32 Å². The minimum atomic E-state index is -0.108. The average molecular weight is 193 g/mol. The average Bonchev–Trinajstić information content (AvgIpc) is 2.99. The summed E-state index contributed by atoms with van der Waals surface area (Å²) in [5.74, 6) is 0.713. The molecule has 0 saturated heterocycles. The standard InChI is InChI=1S/C12H16FN/c1-9(10-6-7-10)14-8-11-4-2-3-5-12(11)13/h2-5,9-10,14H,6-8H2,1H3/t9-/m0/s1. The van der Waals surface area contributed by atoms with Crippen molar-refractivity contribution in [2.45, 2.75) is 32.4 Å². The van der Waals surface area contributed by atoms with E-state index >= 15 is 0 Å². The van der Waals surface area contributed by atoms with Crippen LogP contribution in [0.3, 0.4) is 0 Å². The van der Waals surface area contributed by atoms with E-state index in [1.807, 2.05) is 12.1 Å². The van der Waals surface area contributed by atoms with Crippen LogP contribution in [0.15, 0.2) is 24.3 Å². The molecule has 1 saturated carbocycles. The molecule has 1 fully saturated rings. The van der Waals surface area contributed by atoms with Gasteiger partial charge in [0.25, 0.3) is 0 Å². The van der Waals surface area contributed by atoms with E-state index in [1.165, 1.54) is 18.9 Å². The molecule has 14 heavy (non-hydrogen) atoms. The molecule has 1 atom stereocenters. The fourth-order valence-electron chi connectivity index (χ4n) is 1.68. The molecule has 1 N–H and O–H groups in total. The van der Waals surface area contributed by atoms with Gasteiger partial charge < -0.3 is 5.32 Å². The molecule has 0 unspecified atom stereocenters. The molecule has 0 bridgehead atoms. The Labute approximate surface area is 84.3 Å². The first-order chi connectivity index (χ1) is 6.77. The molecule has 76 valence electrons. The molecule has 0 aliphatic heterocycles. The van der Waals surface area contributed by atoms with Gasteiger partial charge in [0.2, 0.25) is 0 Å². The summed E-state index contributed by atoms with van der Waals surface area (Å²) in [7, 11) is 0. The number of hydrogen-bond donors (Lipinski definition) is 1. The van der Waals surface area contributed by atoms with Crippen LogP contribution in [0.5, 0.6) is 0 Å². The van der Waals surface area contributed by atoms with E-state index < -0.39 is 0 Å². The smallest absolute Gasteiger partial charge is 0.127 e. The van der Waals surface area contributed by atoms with Crippen LogP contribution in [0, 0.1) is 11.7 Å². The van der Waals surface area contributed by atoms with Crippen LogP contribution in [0.1, 0.15) is 25.3 Å². The first-order valence-electron chi connectivity index (χ1n) is 5.24. The highest BCUT2D eigenvalue weighted by molar-refractivity contribution is 5.17. The van der Waals surface area contributed by atoms with Crippen LogP contribution in [0.25, 0.3) is 0 Å². The van der Waals surface area contributed by atoms with E-state index in [1.54, 1.807) is 6.07 Å². The quantitative estimate of drug-likeness (QED) is 0.775. The van der Waals surface area contributed by atoms with Crippen molar-refractivity contribution in [1.82, 2.24) is 5.32 Å². The monoisotopic (exact) mass is 193 g/mol. The summed E-state index contributed by atoms with van der Waals surface area (Å²) in [5.41, 5.74) is 0.764. The molecule has 2 rings (SSSR count). The summed E-state index contributed by atoms with van der Waals surface area (Å²) in [6.07, 6.45) is 2.65. The van der Waals surface area contributed by atoms with Crippen molar-refractivity contribution >= 4 is 0 Å². The predicted octanol–water partition coefficient (Wildman–Crippen LogP) is 2.71. The molecule has 0 radical (unpaired) electrons. The zero-order valence-corrected chi connectivity index (χ0v) is 8.46. The Bertz CT molecular complexity index is 307. The highest BCUT2D eigenvalue weighted by atomic mass is 19.1. The third-order valence-corrected chi connectivity index (χ3v) is 2.90. The van der Waals surface area contributed by atoms with Crippen molar-refractivity contribution in [1.29, 1.82) is 0 Å². The maximum Gasteiger partial charge on any atom is 0.127 e. The maximum atomic E-state index is 13.2. The van der Waals surface area contributed by atoms with E-state index in [9.17, 15) is 4.39 Å². The largest absolute Gasteiger partial charge is 0.310 e. The van der Waals surface area contributed by atoms with E-state index in [0.29, 0.717) is 12.6 Å². The Morgan fingerprint density at radius 1 is 1.43 bits per heavy atom. The second-order valence-corrected chi connectivity index (χ2v) is 4.10. The molecule has 1 aliphatic carbocycles. The summed E-state index contributed by atoms with van der Waals surface area (Å²) < 4.78 is 13.2. The molecule has 1 aromatic carbocycles. The normalized spacial score (nSPS) is 18.1. The highest BCUT2D eigenvalue weighted by Crippen LogP contribution is 2.32. The van der Waals surface area contributed by atoms with Crippen LogP contribution in [0.4, 0.5) is 4.39 Å². The summed E-state index contributed by atoms with van der Waals surface area (Å²) in [6, 6.07) is 7.47. The van der Waals surface area contributed by atoms with Gasteiger partial charge in [0.05, 0.1) is 0 Å². The Morgan fingerprint density at radius 3 is 2.79 bits per heavy atom. The number of hydrogen-bond acceptors (Lipinski definition) is 1. The molecule has 2 heteroatoms. The molecule has 1 nitrogen and oxygen atoms in total. The zero-order valence-electron chi connectivity index (χ0n) is 8.46.